The van der Waals surface area contributed by atoms with Crippen LogP contribution in [0.4, 0.5) is 54.5 Å². The third kappa shape index (κ3) is 12.4. The minimum Gasteiger partial charge on any atom is -0.480 e. The summed E-state index contributed by atoms with van der Waals surface area (Å²) in [6.45, 7) is -1.33. The third-order valence-electron chi connectivity index (χ3n) is 12.3. The van der Waals surface area contributed by atoms with Crippen LogP contribution in [-0.2, 0) is 70.1 Å². The van der Waals surface area contributed by atoms with Crippen LogP contribution < -0.4 is 14.9 Å². The molecule has 0 bridgehead atoms. The zero-order chi connectivity index (χ0) is 57.5. The van der Waals surface area contributed by atoms with E-state index in [0.717, 1.165) is 42.7 Å². The highest BCUT2D eigenvalue weighted by atomic mass is 32.2. The summed E-state index contributed by atoms with van der Waals surface area (Å²) < 4.78 is 214. The van der Waals surface area contributed by atoms with Crippen molar-refractivity contribution in [3.05, 3.63) is 93.6 Å². The Morgan fingerprint density at radius 2 is 1.57 bits per heavy atom. The second-order valence-electron chi connectivity index (χ2n) is 18.5. The van der Waals surface area contributed by atoms with E-state index in [-0.39, 0.29) is 42.5 Å². The van der Waals surface area contributed by atoms with Crippen molar-refractivity contribution in [2.75, 3.05) is 23.4 Å². The van der Waals surface area contributed by atoms with Gasteiger partial charge < -0.3 is 25.5 Å². The zero-order valence-electron chi connectivity index (χ0n) is 40.1. The number of pyridine rings is 1. The molecule has 7 rings (SSSR count). The number of amides is 3. The van der Waals surface area contributed by atoms with Gasteiger partial charge in [0.05, 0.1) is 30.1 Å². The van der Waals surface area contributed by atoms with Crippen molar-refractivity contribution in [1.29, 1.82) is 0 Å². The first-order valence-corrected chi connectivity index (χ1v) is 27.3. The fourth-order valence-corrected chi connectivity index (χ4v) is 9.93. The van der Waals surface area contributed by atoms with Gasteiger partial charge >= 0.3 is 32.2 Å². The number of nitrogens with zero attached hydrogens (tertiary/aromatic N) is 6. The molecule has 0 aliphatic heterocycles. The van der Waals surface area contributed by atoms with E-state index in [1.165, 1.54) is 20.8 Å². The number of carbonyl (C=O) groups is 3. The molecule has 5 N–H and O–H groups in total. The van der Waals surface area contributed by atoms with Gasteiger partial charge in [-0.25, -0.2) is 44.8 Å². The summed E-state index contributed by atoms with van der Waals surface area (Å²) in [5.41, 5.74) is -6.59. The van der Waals surface area contributed by atoms with Crippen LogP contribution in [0.1, 0.15) is 71.7 Å². The highest BCUT2D eigenvalue weighted by Gasteiger charge is 2.68. The van der Waals surface area contributed by atoms with Gasteiger partial charge in [0.1, 0.15) is 40.9 Å². The number of alkyl halides is 8. The van der Waals surface area contributed by atoms with Crippen molar-refractivity contribution < 1.29 is 99.1 Å². The molecule has 0 radical (unpaired) electrons. The molecule has 2 aliphatic carbocycles. The van der Waals surface area contributed by atoms with E-state index < -0.39 is 175 Å². The molecule has 5 aromatic rings. The van der Waals surface area contributed by atoms with Crippen LogP contribution in [0.15, 0.2) is 42.5 Å². The summed E-state index contributed by atoms with van der Waals surface area (Å²) in [5.74, 6) is -8.60. The average molecular weight is 1160 g/mol. The van der Waals surface area contributed by atoms with E-state index in [9.17, 15) is 76.0 Å². The van der Waals surface area contributed by atoms with E-state index in [2.05, 4.69) is 36.9 Å². The number of sulfone groups is 1. The van der Waals surface area contributed by atoms with E-state index in [1.54, 1.807) is 5.32 Å². The monoisotopic (exact) mass is 1160 g/mol. The highest BCUT2D eigenvalue weighted by Crippen LogP contribution is 2.68. The molecule has 33 heteroatoms. The van der Waals surface area contributed by atoms with Gasteiger partial charge in [-0.2, -0.15) is 49.6 Å². The topological polar surface area (TPSA) is 282 Å². The van der Waals surface area contributed by atoms with Crippen LogP contribution >= 0.6 is 7.82 Å². The first-order chi connectivity index (χ1) is 35.2. The number of carbonyl (C=O) groups excluding carboxylic acids is 2. The summed E-state index contributed by atoms with van der Waals surface area (Å²) in [6.07, 6.45) is -10.4. The first-order valence-electron chi connectivity index (χ1n) is 22.0. The van der Waals surface area contributed by atoms with Gasteiger partial charge in [0.15, 0.2) is 27.4 Å². The predicted molar refractivity (Wildman–Crippen MR) is 248 cm³/mol. The fraction of sp³-hybridized carbons (Fsp3) is 0.409. The van der Waals surface area contributed by atoms with Gasteiger partial charge in [0.25, 0.3) is 5.92 Å². The summed E-state index contributed by atoms with van der Waals surface area (Å²) in [4.78, 5) is 62.8. The molecule has 4 atom stereocenters. The number of hydrogen-bond acceptors (Lipinski definition) is 12. The molecule has 0 unspecified atom stereocenters. The van der Waals surface area contributed by atoms with Gasteiger partial charge in [0, 0.05) is 40.3 Å². The average Bonchev–Trinajstić information content (AvgIpc) is 3.78. The third-order valence-corrected chi connectivity index (χ3v) is 15.7. The molecule has 3 amide bonds. The number of urea groups is 1. The molecule has 3 heterocycles. The number of phosphoric acid groups is 1. The standard InChI is InChI=1S/C44H41F10N8O12PS2/c1-20-6-8-26(35-32(20)38(59-61(35)19-42(47,48)49)62(77(5,72)73)40(66)57-30(39(64)65)18-74-75(67,68)69)25-9-7-24(10-11-41(2,3)76(4,70)71)55-34(25)29(14-21-12-22(45)15-23(46)13-21)56-31(63)17-60-37-33(36(58-60)44(52,53)54)27-16-28(27)43(37,50)51/h6-9,12-13,15,27-30H,14,16-19H2,1-5H3,(H,56,63)(H,57,66)(H,64,65)(H2,67,68,69)/t27-,28+,29-,30-/m0/s1. The molecule has 416 valence electrons. The van der Waals surface area contributed by atoms with Gasteiger partial charge in [-0.1, -0.05) is 18.1 Å². The number of carboxylic acids is 1. The van der Waals surface area contributed by atoms with Crippen LogP contribution in [0.2, 0.25) is 0 Å². The predicted octanol–water partition coefficient (Wildman–Crippen LogP) is 5.98. The molecular weight excluding hydrogens is 1120 g/mol. The molecule has 0 spiro atoms. The highest BCUT2D eigenvalue weighted by molar-refractivity contribution is 7.93. The molecule has 2 aliphatic rings. The number of fused-ring (bicyclic) bond motifs is 4. The first kappa shape index (κ1) is 58.0. The smallest absolute Gasteiger partial charge is 0.469 e. The lowest BCUT2D eigenvalue weighted by molar-refractivity contribution is -0.143. The summed E-state index contributed by atoms with van der Waals surface area (Å²) in [6, 6.07) is 0.137. The maximum absolute atomic E-state index is 15.6. The van der Waals surface area contributed by atoms with Crippen molar-refractivity contribution in [3.8, 4) is 23.0 Å². The van der Waals surface area contributed by atoms with Crippen molar-refractivity contribution in [1.82, 2.24) is 35.2 Å². The molecule has 1 saturated carbocycles. The number of aromatic nitrogens is 5. The van der Waals surface area contributed by atoms with Crippen LogP contribution in [0.5, 0.6) is 0 Å². The van der Waals surface area contributed by atoms with E-state index >= 15 is 8.78 Å². The van der Waals surface area contributed by atoms with Crippen molar-refractivity contribution >= 4 is 62.3 Å². The normalized spacial score (nSPS) is 17.2. The van der Waals surface area contributed by atoms with Crippen molar-refractivity contribution in [2.45, 2.75) is 87.7 Å². The SMILES string of the molecule is Cc1ccc(-c2ccc(C#CC(C)(C)S(C)(=O)=O)nc2[C@H](Cc2cc(F)cc(F)c2)NC(=O)Cn2nc(C(F)(F)F)c3c2C(F)(F)[C@@H]2C[C@H]32)c2c1c(N(C(=O)N[C@@H](COP(=O)(O)O)C(=O)O)S(C)(=O)=O)nn2CC(F)(F)F. The Kier molecular flexibility index (Phi) is 15.1. The molecule has 2 aromatic carbocycles. The Labute approximate surface area is 429 Å². The summed E-state index contributed by atoms with van der Waals surface area (Å²) in [5, 5.41) is 20.3. The largest absolute Gasteiger partial charge is 0.480 e. The number of anilines is 1. The Balaban J connectivity index is 1.48. The van der Waals surface area contributed by atoms with Gasteiger partial charge in [-0.15, -0.1) is 0 Å². The van der Waals surface area contributed by atoms with Gasteiger partial charge in [0.2, 0.25) is 15.9 Å². The molecule has 77 heavy (non-hydrogen) atoms. The molecule has 1 fully saturated rings. The lowest BCUT2D eigenvalue weighted by atomic mass is 9.92. The Morgan fingerprint density at radius 1 is 0.948 bits per heavy atom. The van der Waals surface area contributed by atoms with Crippen molar-refractivity contribution in [3.63, 3.8) is 0 Å². The van der Waals surface area contributed by atoms with Crippen LogP contribution in [0.3, 0.4) is 0 Å². The van der Waals surface area contributed by atoms with Crippen LogP contribution in [-0.4, -0.2) is 110 Å². The molecule has 20 nitrogen and oxygen atoms in total. The number of benzene rings is 2. The minimum absolute atomic E-state index is 0.146. The number of nitrogens with one attached hydrogen (secondary N) is 2. The molecule has 0 saturated heterocycles. The summed E-state index contributed by atoms with van der Waals surface area (Å²) in [7, 11) is -14.5. The number of phosphoric ester groups is 1. The molecular formula is C44H41F10N8O12PS2. The van der Waals surface area contributed by atoms with E-state index in [1.807, 2.05) is 0 Å². The Hall–Kier alpha value is -6.65. The van der Waals surface area contributed by atoms with Crippen LogP contribution in [0, 0.1) is 36.3 Å². The lowest BCUT2D eigenvalue weighted by Crippen LogP contribution is -2.51. The maximum atomic E-state index is 15.6. The minimum atomic E-state index is -5.43. The van der Waals surface area contributed by atoms with Crippen molar-refractivity contribution in [2.24, 2.45) is 5.92 Å². The lowest BCUT2D eigenvalue weighted by Gasteiger charge is -2.24. The number of rotatable bonds is 16. The fourth-order valence-electron chi connectivity index (χ4n) is 8.55. The molecule has 3 aromatic heterocycles. The Bertz CT molecular complexity index is 3590. The quantitative estimate of drug-likeness (QED) is 0.0431. The second kappa shape index (κ2) is 20.0. The van der Waals surface area contributed by atoms with E-state index in [0.29, 0.717) is 12.3 Å². The van der Waals surface area contributed by atoms with Crippen LogP contribution in [0.25, 0.3) is 22.0 Å². The number of halogens is 10. The second-order valence-corrected chi connectivity index (χ2v) is 24.1. The summed E-state index contributed by atoms with van der Waals surface area (Å²) >= 11 is 0. The number of aliphatic carboxylic acids is 1. The number of aryl methyl sites for hydroxylation is 1. The maximum Gasteiger partial charge on any atom is 0.469 e. The number of sulfonamides is 1. The van der Waals surface area contributed by atoms with Gasteiger partial charge in [-0.05, 0) is 80.8 Å². The number of carboxylic acid groups (broad SMARTS) is 1. The Morgan fingerprint density at radius 3 is 2.13 bits per heavy atom. The zero-order valence-corrected chi connectivity index (χ0v) is 42.7. The van der Waals surface area contributed by atoms with Gasteiger partial charge in [-0.3, -0.25) is 18.7 Å². The number of hydrogen-bond donors (Lipinski definition) is 5. The van der Waals surface area contributed by atoms with E-state index in [4.69, 9.17) is 9.79 Å².